The lowest BCUT2D eigenvalue weighted by Crippen LogP contribution is -2.46. The van der Waals surface area contributed by atoms with Gasteiger partial charge in [-0.25, -0.2) is 9.37 Å². The van der Waals surface area contributed by atoms with Crippen LogP contribution in [0.1, 0.15) is 60.4 Å². The Labute approximate surface area is 197 Å². The molecule has 7 nitrogen and oxygen atoms in total. The molecule has 2 bridgehead atoms. The van der Waals surface area contributed by atoms with Crippen molar-refractivity contribution in [2.75, 3.05) is 6.61 Å². The summed E-state index contributed by atoms with van der Waals surface area (Å²) in [6.07, 6.45) is 5.22. The Bertz CT molecular complexity index is 1160. The highest BCUT2D eigenvalue weighted by Gasteiger charge is 2.44. The standard InChI is InChI=1S/C26H27FN4O3/c1-3-33-24-14-23(28-15-25(24)34-21-9-5-18(27)6-10-21)26(32)31-19-7-8-20(31)13-17(12-19)22-11-4-16(2)29-30-22/h4-6,9-11,14-15,17,19-20H,3,7-8,12-13H2,1-2H3. The third kappa shape index (κ3) is 4.44. The largest absolute Gasteiger partial charge is 0.490 e. The summed E-state index contributed by atoms with van der Waals surface area (Å²) in [6.45, 7) is 4.20. The molecule has 2 atom stereocenters. The molecule has 0 radical (unpaired) electrons. The Morgan fingerprint density at radius 2 is 1.79 bits per heavy atom. The number of nitrogens with zero attached hydrogens (tertiary/aromatic N) is 4. The highest BCUT2D eigenvalue weighted by Crippen LogP contribution is 2.43. The zero-order valence-electron chi connectivity index (χ0n) is 19.3. The van der Waals surface area contributed by atoms with Crippen LogP contribution < -0.4 is 9.47 Å². The van der Waals surface area contributed by atoms with Gasteiger partial charge in [0.05, 0.1) is 24.2 Å². The fraction of sp³-hybridized carbons (Fsp3) is 0.385. The van der Waals surface area contributed by atoms with E-state index in [2.05, 4.69) is 21.2 Å². The average molecular weight is 463 g/mol. The number of ether oxygens (including phenoxy) is 2. The predicted molar refractivity (Wildman–Crippen MR) is 124 cm³/mol. The Balaban J connectivity index is 1.34. The van der Waals surface area contributed by atoms with Gasteiger partial charge < -0.3 is 14.4 Å². The lowest BCUT2D eigenvalue weighted by Gasteiger charge is -2.38. The van der Waals surface area contributed by atoms with Crippen LogP contribution >= 0.6 is 0 Å². The molecule has 2 aromatic heterocycles. The lowest BCUT2D eigenvalue weighted by atomic mass is 9.87. The molecule has 0 aliphatic carbocycles. The molecule has 3 aromatic rings. The van der Waals surface area contributed by atoms with Crippen molar-refractivity contribution in [2.24, 2.45) is 0 Å². The summed E-state index contributed by atoms with van der Waals surface area (Å²) in [5, 5.41) is 8.60. The van der Waals surface area contributed by atoms with Gasteiger partial charge in [-0.1, -0.05) is 0 Å². The Kier molecular flexibility index (Phi) is 6.13. The number of hydrogen-bond acceptors (Lipinski definition) is 6. The smallest absolute Gasteiger partial charge is 0.273 e. The van der Waals surface area contributed by atoms with E-state index >= 15 is 0 Å². The maximum Gasteiger partial charge on any atom is 0.273 e. The van der Waals surface area contributed by atoms with E-state index in [1.54, 1.807) is 6.07 Å². The van der Waals surface area contributed by atoms with E-state index in [0.29, 0.717) is 35.5 Å². The molecule has 2 aliphatic rings. The number of rotatable bonds is 6. The molecule has 176 valence electrons. The molecule has 4 heterocycles. The van der Waals surface area contributed by atoms with Gasteiger partial charge in [0.1, 0.15) is 17.3 Å². The number of aromatic nitrogens is 3. The molecule has 1 amide bonds. The van der Waals surface area contributed by atoms with Gasteiger partial charge in [0.25, 0.3) is 5.91 Å². The number of fused-ring (bicyclic) bond motifs is 2. The van der Waals surface area contributed by atoms with Gasteiger partial charge in [-0.05, 0) is 75.9 Å². The Hall–Kier alpha value is -3.55. The zero-order chi connectivity index (χ0) is 23.7. The number of carbonyl (C=O) groups is 1. The van der Waals surface area contributed by atoms with Crippen molar-refractivity contribution in [2.45, 2.75) is 57.5 Å². The number of halogens is 1. The molecule has 8 heteroatoms. The molecule has 5 rings (SSSR count). The van der Waals surface area contributed by atoms with Gasteiger partial charge >= 0.3 is 0 Å². The molecular weight excluding hydrogens is 435 g/mol. The fourth-order valence-corrected chi connectivity index (χ4v) is 5.03. The van der Waals surface area contributed by atoms with Crippen LogP contribution in [0.15, 0.2) is 48.7 Å². The molecule has 0 N–H and O–H groups in total. The first kappa shape index (κ1) is 22.3. The molecule has 2 aliphatic heterocycles. The first-order valence-electron chi connectivity index (χ1n) is 11.7. The average Bonchev–Trinajstić information content (AvgIpc) is 3.10. The summed E-state index contributed by atoms with van der Waals surface area (Å²) >= 11 is 0. The number of pyridine rings is 1. The molecular formula is C26H27FN4O3. The highest BCUT2D eigenvalue weighted by atomic mass is 19.1. The summed E-state index contributed by atoms with van der Waals surface area (Å²) in [7, 11) is 0. The van der Waals surface area contributed by atoms with E-state index < -0.39 is 0 Å². The predicted octanol–water partition coefficient (Wildman–Crippen LogP) is 5.06. The van der Waals surface area contributed by atoms with Crippen LogP contribution in [-0.4, -0.2) is 44.7 Å². The Morgan fingerprint density at radius 1 is 1.06 bits per heavy atom. The van der Waals surface area contributed by atoms with E-state index in [0.717, 1.165) is 37.1 Å². The molecule has 1 aromatic carbocycles. The number of aryl methyl sites for hydroxylation is 1. The Morgan fingerprint density at radius 3 is 2.44 bits per heavy atom. The minimum absolute atomic E-state index is 0.0878. The minimum Gasteiger partial charge on any atom is -0.490 e. The molecule has 34 heavy (non-hydrogen) atoms. The monoisotopic (exact) mass is 462 g/mol. The maximum atomic E-state index is 13.5. The topological polar surface area (TPSA) is 77.4 Å². The summed E-state index contributed by atoms with van der Waals surface area (Å²) in [5.74, 6) is 1.15. The number of benzene rings is 1. The first-order valence-corrected chi connectivity index (χ1v) is 11.7. The zero-order valence-corrected chi connectivity index (χ0v) is 19.3. The van der Waals surface area contributed by atoms with Gasteiger partial charge in [0, 0.05) is 24.1 Å². The summed E-state index contributed by atoms with van der Waals surface area (Å²) in [5.41, 5.74) is 2.25. The second kappa shape index (κ2) is 9.37. The van der Waals surface area contributed by atoms with Crippen LogP contribution in [0.2, 0.25) is 0 Å². The number of amides is 1. The van der Waals surface area contributed by atoms with Crippen molar-refractivity contribution in [1.29, 1.82) is 0 Å². The van der Waals surface area contributed by atoms with Gasteiger partial charge in [0.2, 0.25) is 0 Å². The SMILES string of the molecule is CCOc1cc(C(=O)N2C3CCC2CC(c2ccc(C)nn2)C3)ncc1Oc1ccc(F)cc1. The van der Waals surface area contributed by atoms with Crippen LogP contribution in [0.3, 0.4) is 0 Å². The molecule has 2 fully saturated rings. The summed E-state index contributed by atoms with van der Waals surface area (Å²) < 4.78 is 24.8. The van der Waals surface area contributed by atoms with Crippen molar-refractivity contribution in [3.05, 3.63) is 71.6 Å². The minimum atomic E-state index is -0.343. The lowest BCUT2D eigenvalue weighted by molar-refractivity contribution is 0.0562. The molecule has 2 unspecified atom stereocenters. The third-order valence-electron chi connectivity index (χ3n) is 6.60. The van der Waals surface area contributed by atoms with E-state index in [1.807, 2.05) is 24.8 Å². The molecule has 0 saturated carbocycles. The van der Waals surface area contributed by atoms with Gasteiger partial charge in [0.15, 0.2) is 11.5 Å². The highest BCUT2D eigenvalue weighted by molar-refractivity contribution is 5.93. The molecule has 0 spiro atoms. The van der Waals surface area contributed by atoms with E-state index in [-0.39, 0.29) is 23.8 Å². The number of piperidine rings is 1. The fourth-order valence-electron chi connectivity index (χ4n) is 5.03. The number of hydrogen-bond donors (Lipinski definition) is 0. The second-order valence-electron chi connectivity index (χ2n) is 8.87. The maximum absolute atomic E-state index is 13.5. The van der Waals surface area contributed by atoms with Crippen LogP contribution in [0.4, 0.5) is 4.39 Å². The van der Waals surface area contributed by atoms with Gasteiger partial charge in [-0.2, -0.15) is 10.2 Å². The third-order valence-corrected chi connectivity index (χ3v) is 6.60. The summed E-state index contributed by atoms with van der Waals surface area (Å²) in [6, 6.07) is 11.7. The van der Waals surface area contributed by atoms with Crippen molar-refractivity contribution in [1.82, 2.24) is 20.1 Å². The van der Waals surface area contributed by atoms with Gasteiger partial charge in [-0.15, -0.1) is 0 Å². The van der Waals surface area contributed by atoms with Gasteiger partial charge in [-0.3, -0.25) is 4.79 Å². The second-order valence-corrected chi connectivity index (χ2v) is 8.87. The molecule has 2 saturated heterocycles. The number of carbonyl (C=O) groups excluding carboxylic acids is 1. The van der Waals surface area contributed by atoms with Crippen LogP contribution in [0.5, 0.6) is 17.2 Å². The normalized spacial score (nSPS) is 21.4. The van der Waals surface area contributed by atoms with Crippen LogP contribution in [0.25, 0.3) is 0 Å². The van der Waals surface area contributed by atoms with Crippen molar-refractivity contribution in [3.63, 3.8) is 0 Å². The van der Waals surface area contributed by atoms with E-state index in [1.165, 1.54) is 30.5 Å². The van der Waals surface area contributed by atoms with E-state index in [9.17, 15) is 9.18 Å². The van der Waals surface area contributed by atoms with E-state index in [4.69, 9.17) is 9.47 Å². The van der Waals surface area contributed by atoms with Crippen molar-refractivity contribution >= 4 is 5.91 Å². The van der Waals surface area contributed by atoms with Crippen molar-refractivity contribution in [3.8, 4) is 17.2 Å². The quantitative estimate of drug-likeness (QED) is 0.510. The summed E-state index contributed by atoms with van der Waals surface area (Å²) in [4.78, 5) is 19.9. The first-order chi connectivity index (χ1) is 16.5. The van der Waals surface area contributed by atoms with Crippen LogP contribution in [-0.2, 0) is 0 Å². The van der Waals surface area contributed by atoms with Crippen molar-refractivity contribution < 1.29 is 18.7 Å². The van der Waals surface area contributed by atoms with Crippen LogP contribution in [0, 0.1) is 12.7 Å².